The highest BCUT2D eigenvalue weighted by atomic mass is 16.4. The summed E-state index contributed by atoms with van der Waals surface area (Å²) in [5.74, 6) is -1.30. The zero-order valence-electron chi connectivity index (χ0n) is 18.6. The molecule has 3 aromatic carbocycles. The summed E-state index contributed by atoms with van der Waals surface area (Å²) >= 11 is 0. The number of aryl methyl sites for hydroxylation is 2. The minimum absolute atomic E-state index is 0.200. The smallest absolute Gasteiger partial charge is 0.349 e. The molecule has 0 saturated heterocycles. The van der Waals surface area contributed by atoms with Gasteiger partial charge in [-0.05, 0) is 49.7 Å². The van der Waals surface area contributed by atoms with Gasteiger partial charge in [0.25, 0.3) is 11.8 Å². The van der Waals surface area contributed by atoms with Crippen molar-refractivity contribution in [2.24, 2.45) is 0 Å². The number of nitrogens with one attached hydrogen (secondary N) is 3. The summed E-state index contributed by atoms with van der Waals surface area (Å²) < 4.78 is 5.25. The van der Waals surface area contributed by atoms with Crippen LogP contribution < -0.4 is 16.5 Å². The molecule has 0 spiro atoms. The number of hydrazine groups is 1. The molecule has 0 aliphatic carbocycles. The van der Waals surface area contributed by atoms with Crippen molar-refractivity contribution in [3.63, 3.8) is 0 Å². The van der Waals surface area contributed by atoms with E-state index in [0.29, 0.717) is 16.7 Å². The highest BCUT2D eigenvalue weighted by molar-refractivity contribution is 6.10. The molecule has 0 aliphatic rings. The van der Waals surface area contributed by atoms with Gasteiger partial charge in [0.2, 0.25) is 0 Å². The van der Waals surface area contributed by atoms with Gasteiger partial charge in [0.1, 0.15) is 16.8 Å². The van der Waals surface area contributed by atoms with Crippen molar-refractivity contribution < 1.29 is 14.0 Å². The highest BCUT2D eigenvalue weighted by Gasteiger charge is 2.21. The molecule has 5 aromatic rings. The first-order valence-electron chi connectivity index (χ1n) is 10.7. The number of carbonyl (C=O) groups is 2. The lowest BCUT2D eigenvalue weighted by Gasteiger charge is -2.09. The second-order valence-electron chi connectivity index (χ2n) is 8.19. The Kier molecular flexibility index (Phi) is 5.22. The van der Waals surface area contributed by atoms with Crippen molar-refractivity contribution in [2.45, 2.75) is 13.8 Å². The number of H-pyrrole nitrogens is 1. The fourth-order valence-corrected chi connectivity index (χ4v) is 4.03. The van der Waals surface area contributed by atoms with Gasteiger partial charge in [0, 0.05) is 21.9 Å². The van der Waals surface area contributed by atoms with E-state index in [-0.39, 0.29) is 5.56 Å². The summed E-state index contributed by atoms with van der Waals surface area (Å²) in [6, 6.07) is 22.2. The lowest BCUT2D eigenvalue weighted by molar-refractivity contribution is 0.0842. The summed E-state index contributed by atoms with van der Waals surface area (Å²) in [5, 5.41) is 1.52. The number of aromatic nitrogens is 1. The molecule has 0 aliphatic heterocycles. The molecular formula is C27H21N3O4. The summed E-state index contributed by atoms with van der Waals surface area (Å²) in [5.41, 5.74) is 8.86. The van der Waals surface area contributed by atoms with E-state index in [9.17, 15) is 14.4 Å². The van der Waals surface area contributed by atoms with Gasteiger partial charge >= 0.3 is 5.63 Å². The molecule has 0 fully saturated rings. The molecule has 2 aromatic heterocycles. The quantitative estimate of drug-likeness (QED) is 0.275. The highest BCUT2D eigenvalue weighted by Crippen LogP contribution is 2.33. The van der Waals surface area contributed by atoms with Crippen LogP contribution in [0.15, 0.2) is 82.0 Å². The molecule has 168 valence electrons. The fraction of sp³-hybridized carbons (Fsp3) is 0.0741. The van der Waals surface area contributed by atoms with E-state index >= 15 is 0 Å². The molecule has 0 radical (unpaired) electrons. The monoisotopic (exact) mass is 451 g/mol. The molecule has 0 saturated carbocycles. The summed E-state index contributed by atoms with van der Waals surface area (Å²) in [4.78, 5) is 41.3. The van der Waals surface area contributed by atoms with Gasteiger partial charge in [-0.2, -0.15) is 0 Å². The van der Waals surface area contributed by atoms with Crippen LogP contribution in [-0.4, -0.2) is 16.8 Å². The van der Waals surface area contributed by atoms with Crippen molar-refractivity contribution in [3.05, 3.63) is 106 Å². The normalized spacial score (nSPS) is 11.0. The number of hydrogen-bond acceptors (Lipinski definition) is 4. The zero-order chi connectivity index (χ0) is 23.8. The number of carbonyl (C=O) groups excluding carboxylic acids is 2. The molecule has 7 heteroatoms. The van der Waals surface area contributed by atoms with Crippen molar-refractivity contribution in [1.29, 1.82) is 0 Å². The summed E-state index contributed by atoms with van der Waals surface area (Å²) in [6.45, 7) is 3.88. The Bertz CT molecular complexity index is 1630. The van der Waals surface area contributed by atoms with E-state index in [0.717, 1.165) is 33.2 Å². The second kappa shape index (κ2) is 8.37. The molecule has 2 amide bonds. The first kappa shape index (κ1) is 21.2. The minimum atomic E-state index is -0.783. The van der Waals surface area contributed by atoms with E-state index < -0.39 is 17.4 Å². The third-order valence-electron chi connectivity index (χ3n) is 5.67. The van der Waals surface area contributed by atoms with Crippen molar-refractivity contribution >= 4 is 33.7 Å². The minimum Gasteiger partial charge on any atom is -0.422 e. The maximum atomic E-state index is 13.1. The second-order valence-corrected chi connectivity index (χ2v) is 8.19. The van der Waals surface area contributed by atoms with E-state index in [1.807, 2.05) is 74.5 Å². The summed E-state index contributed by atoms with van der Waals surface area (Å²) in [6.07, 6.45) is 0. The third kappa shape index (κ3) is 3.84. The number of hydrogen-bond donors (Lipinski definition) is 3. The number of amides is 2. The zero-order valence-corrected chi connectivity index (χ0v) is 18.6. The van der Waals surface area contributed by atoms with Crippen LogP contribution in [0, 0.1) is 13.8 Å². The molecule has 3 N–H and O–H groups in total. The first-order chi connectivity index (χ1) is 16.4. The Labute approximate surface area is 194 Å². The van der Waals surface area contributed by atoms with Gasteiger partial charge in [-0.1, -0.05) is 53.6 Å². The largest absolute Gasteiger partial charge is 0.422 e. The number of rotatable bonds is 3. The molecule has 7 nitrogen and oxygen atoms in total. The molecule has 0 atom stereocenters. The maximum Gasteiger partial charge on any atom is 0.349 e. The van der Waals surface area contributed by atoms with Crippen LogP contribution in [0.3, 0.4) is 0 Å². The molecule has 0 unspecified atom stereocenters. The molecule has 0 bridgehead atoms. The van der Waals surface area contributed by atoms with Crippen LogP contribution in [-0.2, 0) is 0 Å². The topological polar surface area (TPSA) is 104 Å². The van der Waals surface area contributed by atoms with Gasteiger partial charge in [-0.3, -0.25) is 20.4 Å². The first-order valence-corrected chi connectivity index (χ1v) is 10.7. The van der Waals surface area contributed by atoms with Crippen molar-refractivity contribution in [2.75, 3.05) is 0 Å². The Morgan fingerprint density at radius 1 is 0.824 bits per heavy atom. The van der Waals surface area contributed by atoms with E-state index in [1.165, 1.54) is 6.07 Å². The number of aromatic amines is 1. The predicted octanol–water partition coefficient (Wildman–Crippen LogP) is 4.63. The van der Waals surface area contributed by atoms with Crippen LogP contribution >= 0.6 is 0 Å². The van der Waals surface area contributed by atoms with Gasteiger partial charge in [0.15, 0.2) is 0 Å². The van der Waals surface area contributed by atoms with Crippen LogP contribution in [0.2, 0.25) is 0 Å². The van der Waals surface area contributed by atoms with E-state index in [4.69, 9.17) is 4.42 Å². The SMILES string of the molecule is Cc1ccc2oc(=O)c(C(=O)NNC(=O)c3[nH]c4ccc(C)cc4c3-c3ccccc3)cc2c1. The van der Waals surface area contributed by atoms with E-state index in [1.54, 1.807) is 6.07 Å². The summed E-state index contributed by atoms with van der Waals surface area (Å²) in [7, 11) is 0. The van der Waals surface area contributed by atoms with Crippen LogP contribution in [0.4, 0.5) is 0 Å². The molecular weight excluding hydrogens is 430 g/mol. The van der Waals surface area contributed by atoms with Crippen molar-refractivity contribution in [3.8, 4) is 11.1 Å². The molecule has 2 heterocycles. The van der Waals surface area contributed by atoms with Crippen LogP contribution in [0.5, 0.6) is 0 Å². The number of benzene rings is 3. The Hall–Kier alpha value is -4.65. The lowest BCUT2D eigenvalue weighted by atomic mass is 10.0. The standard InChI is InChI=1S/C27H21N3O4/c1-15-9-11-22-18(12-15)14-20(27(33)34-22)25(31)29-30-26(32)24-23(17-6-4-3-5-7-17)19-13-16(2)8-10-21(19)28-24/h3-14,28H,1-2H3,(H,29,31)(H,30,32). The Morgan fingerprint density at radius 3 is 2.32 bits per heavy atom. The van der Waals surface area contributed by atoms with E-state index in [2.05, 4.69) is 15.8 Å². The Balaban J connectivity index is 1.46. The molecule has 34 heavy (non-hydrogen) atoms. The average Bonchev–Trinajstić information content (AvgIpc) is 3.21. The average molecular weight is 451 g/mol. The van der Waals surface area contributed by atoms with Gasteiger partial charge in [0.05, 0.1) is 0 Å². The fourth-order valence-electron chi connectivity index (χ4n) is 4.03. The van der Waals surface area contributed by atoms with Gasteiger partial charge in [-0.15, -0.1) is 0 Å². The number of fused-ring (bicyclic) bond motifs is 2. The lowest BCUT2D eigenvalue weighted by Crippen LogP contribution is -2.43. The van der Waals surface area contributed by atoms with Crippen molar-refractivity contribution in [1.82, 2.24) is 15.8 Å². The van der Waals surface area contributed by atoms with Crippen LogP contribution in [0.25, 0.3) is 33.0 Å². The maximum absolute atomic E-state index is 13.1. The molecule has 5 rings (SSSR count). The Morgan fingerprint density at radius 2 is 1.53 bits per heavy atom. The predicted molar refractivity (Wildman–Crippen MR) is 131 cm³/mol. The van der Waals surface area contributed by atoms with Crippen LogP contribution in [0.1, 0.15) is 32.0 Å². The third-order valence-corrected chi connectivity index (χ3v) is 5.67. The van der Waals surface area contributed by atoms with Gasteiger partial charge in [-0.25, -0.2) is 4.79 Å². The van der Waals surface area contributed by atoms with Gasteiger partial charge < -0.3 is 9.40 Å².